The van der Waals surface area contributed by atoms with Crippen LogP contribution in [0.15, 0.2) is 24.5 Å². The highest BCUT2D eigenvalue weighted by Gasteiger charge is 2.27. The number of nitrogens with zero attached hydrogens (tertiary/aromatic N) is 2. The number of carbonyl (C=O) groups is 1. The number of hydrogen-bond acceptors (Lipinski definition) is 5. The Morgan fingerprint density at radius 3 is 2.75 bits per heavy atom. The van der Waals surface area contributed by atoms with E-state index in [9.17, 15) is 13.6 Å². The number of rotatable bonds is 5. The molecule has 0 fully saturated rings. The van der Waals surface area contributed by atoms with Crippen LogP contribution >= 0.6 is 0 Å². The summed E-state index contributed by atoms with van der Waals surface area (Å²) in [5.74, 6) is -4.22. The lowest BCUT2D eigenvalue weighted by atomic mass is 10.1. The molecule has 0 amide bonds. The van der Waals surface area contributed by atoms with E-state index in [1.165, 1.54) is 18.2 Å². The van der Waals surface area contributed by atoms with Gasteiger partial charge in [-0.15, -0.1) is 0 Å². The van der Waals surface area contributed by atoms with Crippen LogP contribution in [0.5, 0.6) is 0 Å². The molecule has 1 heterocycles. The lowest BCUT2D eigenvalue weighted by Crippen LogP contribution is -2.31. The highest BCUT2D eigenvalue weighted by molar-refractivity contribution is 5.96. The van der Waals surface area contributed by atoms with Gasteiger partial charge in [0, 0.05) is 5.39 Å². The average Bonchev–Trinajstić information content (AvgIpc) is 2.44. The van der Waals surface area contributed by atoms with E-state index in [1.54, 1.807) is 0 Å². The van der Waals surface area contributed by atoms with Gasteiger partial charge in [-0.1, -0.05) is 0 Å². The fraction of sp³-hybridized carbons (Fsp3) is 0.250. The molecule has 0 aliphatic rings. The number of halogens is 2. The molecule has 1 aromatic heterocycles. The molecule has 2 rings (SSSR count). The molecule has 0 bridgehead atoms. The van der Waals surface area contributed by atoms with Crippen molar-refractivity contribution in [3.63, 3.8) is 0 Å². The minimum absolute atomic E-state index is 0.0443. The van der Waals surface area contributed by atoms with E-state index in [4.69, 9.17) is 10.2 Å². The van der Waals surface area contributed by atoms with Gasteiger partial charge < -0.3 is 15.5 Å². The van der Waals surface area contributed by atoms with Crippen LogP contribution in [0.4, 0.5) is 14.6 Å². The molecule has 20 heavy (non-hydrogen) atoms. The Kier molecular flexibility index (Phi) is 3.75. The van der Waals surface area contributed by atoms with Crippen molar-refractivity contribution in [1.29, 1.82) is 0 Å². The van der Waals surface area contributed by atoms with Crippen molar-refractivity contribution in [2.45, 2.75) is 5.92 Å². The van der Waals surface area contributed by atoms with Crippen molar-refractivity contribution in [2.75, 3.05) is 18.5 Å². The molecule has 0 atom stereocenters. The lowest BCUT2D eigenvalue weighted by molar-refractivity contribution is -0.0373. The number of nitrogens with one attached hydrogen (secondary N) is 1. The number of carboxylic acids is 1. The molecule has 6 nitrogen and oxygen atoms in total. The predicted molar refractivity (Wildman–Crippen MR) is 67.0 cm³/mol. The predicted octanol–water partition coefficient (Wildman–Crippen LogP) is 1.37. The van der Waals surface area contributed by atoms with Gasteiger partial charge in [-0.3, -0.25) is 0 Å². The zero-order chi connectivity index (χ0) is 14.8. The minimum Gasteiger partial charge on any atom is -0.478 e. The fourth-order valence-electron chi connectivity index (χ4n) is 1.60. The van der Waals surface area contributed by atoms with Crippen LogP contribution in [0.1, 0.15) is 10.4 Å². The highest BCUT2D eigenvalue weighted by Crippen LogP contribution is 2.22. The summed E-state index contributed by atoms with van der Waals surface area (Å²) in [7, 11) is 0. The Morgan fingerprint density at radius 1 is 1.35 bits per heavy atom. The van der Waals surface area contributed by atoms with Crippen LogP contribution in [0, 0.1) is 0 Å². The van der Waals surface area contributed by atoms with E-state index < -0.39 is 25.0 Å². The van der Waals surface area contributed by atoms with Crippen LogP contribution in [0.2, 0.25) is 0 Å². The van der Waals surface area contributed by atoms with Crippen LogP contribution in [0.3, 0.4) is 0 Å². The van der Waals surface area contributed by atoms with Gasteiger partial charge in [0.25, 0.3) is 5.92 Å². The molecule has 0 aliphatic heterocycles. The average molecular weight is 283 g/mol. The van der Waals surface area contributed by atoms with Crippen molar-refractivity contribution in [3.05, 3.63) is 30.1 Å². The number of carboxylic acid groups (broad SMARTS) is 1. The summed E-state index contributed by atoms with van der Waals surface area (Å²) >= 11 is 0. The van der Waals surface area contributed by atoms with Gasteiger partial charge in [0.05, 0.1) is 17.6 Å². The molecule has 3 N–H and O–H groups in total. The number of aliphatic hydroxyl groups is 1. The van der Waals surface area contributed by atoms with E-state index in [-0.39, 0.29) is 11.4 Å². The molecule has 0 radical (unpaired) electrons. The maximum atomic E-state index is 13.0. The Bertz CT molecular complexity index is 649. The van der Waals surface area contributed by atoms with E-state index in [0.717, 1.165) is 6.33 Å². The van der Waals surface area contributed by atoms with Gasteiger partial charge in [-0.05, 0) is 18.2 Å². The molecule has 0 spiro atoms. The van der Waals surface area contributed by atoms with Crippen molar-refractivity contribution in [1.82, 2.24) is 9.97 Å². The standard InChI is InChI=1S/C12H11F2N3O3/c13-12(14,5-18)4-15-10-8-2-1-7(11(19)20)3-9(8)16-6-17-10/h1-3,6,18H,4-5H2,(H,19,20)(H,15,16,17). The Labute approximate surface area is 112 Å². The van der Waals surface area contributed by atoms with E-state index in [2.05, 4.69) is 15.3 Å². The van der Waals surface area contributed by atoms with Gasteiger partial charge >= 0.3 is 5.97 Å². The number of fused-ring (bicyclic) bond motifs is 1. The Hall–Kier alpha value is -2.35. The summed E-state index contributed by atoms with van der Waals surface area (Å²) in [4.78, 5) is 18.6. The summed E-state index contributed by atoms with van der Waals surface area (Å²) in [5.41, 5.74) is 0.373. The first-order valence-electron chi connectivity index (χ1n) is 5.63. The third-order valence-electron chi connectivity index (χ3n) is 2.63. The summed E-state index contributed by atoms with van der Waals surface area (Å²) in [6.07, 6.45) is 1.15. The van der Waals surface area contributed by atoms with Gasteiger partial charge in [-0.2, -0.15) is 0 Å². The van der Waals surface area contributed by atoms with Crippen molar-refractivity contribution in [3.8, 4) is 0 Å². The summed E-state index contributed by atoms with van der Waals surface area (Å²) < 4.78 is 25.9. The number of benzene rings is 1. The molecule has 1 aromatic carbocycles. The van der Waals surface area contributed by atoms with Gasteiger partial charge in [0.1, 0.15) is 18.8 Å². The number of aromatic nitrogens is 2. The number of anilines is 1. The summed E-state index contributed by atoms with van der Waals surface area (Å²) in [6, 6.07) is 4.11. The second kappa shape index (κ2) is 5.33. The monoisotopic (exact) mass is 283 g/mol. The van der Waals surface area contributed by atoms with Crippen LogP contribution in [-0.2, 0) is 0 Å². The molecule has 0 saturated heterocycles. The third-order valence-corrected chi connectivity index (χ3v) is 2.63. The quantitative estimate of drug-likeness (QED) is 0.767. The molecule has 8 heteroatoms. The zero-order valence-corrected chi connectivity index (χ0v) is 10.2. The Balaban J connectivity index is 2.33. The van der Waals surface area contributed by atoms with E-state index in [1.807, 2.05) is 0 Å². The fourth-order valence-corrected chi connectivity index (χ4v) is 1.60. The van der Waals surface area contributed by atoms with Crippen molar-refractivity contribution in [2.24, 2.45) is 0 Å². The summed E-state index contributed by atoms with van der Waals surface area (Å²) in [6.45, 7) is -2.05. The molecular weight excluding hydrogens is 272 g/mol. The SMILES string of the molecule is O=C(O)c1ccc2c(NCC(F)(F)CO)ncnc2c1. The molecule has 0 saturated carbocycles. The Morgan fingerprint density at radius 2 is 2.10 bits per heavy atom. The van der Waals surface area contributed by atoms with Crippen LogP contribution < -0.4 is 5.32 Å². The zero-order valence-electron chi connectivity index (χ0n) is 10.2. The first-order chi connectivity index (χ1) is 9.43. The number of aliphatic hydroxyl groups excluding tert-OH is 1. The second-order valence-electron chi connectivity index (χ2n) is 4.13. The van der Waals surface area contributed by atoms with Gasteiger partial charge in [0.15, 0.2) is 0 Å². The maximum absolute atomic E-state index is 13.0. The molecule has 2 aromatic rings. The molecule has 0 aliphatic carbocycles. The maximum Gasteiger partial charge on any atom is 0.335 e. The smallest absolute Gasteiger partial charge is 0.335 e. The first-order valence-corrected chi connectivity index (χ1v) is 5.63. The highest BCUT2D eigenvalue weighted by atomic mass is 19.3. The lowest BCUT2D eigenvalue weighted by Gasteiger charge is -2.15. The first kappa shape index (κ1) is 14.1. The van der Waals surface area contributed by atoms with Crippen molar-refractivity contribution >= 4 is 22.7 Å². The van der Waals surface area contributed by atoms with E-state index >= 15 is 0 Å². The molecule has 0 unspecified atom stereocenters. The summed E-state index contributed by atoms with van der Waals surface area (Å²) in [5, 5.41) is 20.2. The van der Waals surface area contributed by atoms with Crippen LogP contribution in [0.25, 0.3) is 10.9 Å². The van der Waals surface area contributed by atoms with Gasteiger partial charge in [0.2, 0.25) is 0 Å². The normalized spacial score (nSPS) is 11.6. The van der Waals surface area contributed by atoms with E-state index in [0.29, 0.717) is 10.9 Å². The van der Waals surface area contributed by atoms with Crippen LogP contribution in [-0.4, -0.2) is 45.2 Å². The number of hydrogen-bond donors (Lipinski definition) is 3. The van der Waals surface area contributed by atoms with Gasteiger partial charge in [-0.25, -0.2) is 23.5 Å². The van der Waals surface area contributed by atoms with Crippen molar-refractivity contribution < 1.29 is 23.8 Å². The molecule has 106 valence electrons. The third kappa shape index (κ3) is 2.97. The molecular formula is C12H11F2N3O3. The minimum atomic E-state index is -3.27. The largest absolute Gasteiger partial charge is 0.478 e. The number of alkyl halides is 2. The topological polar surface area (TPSA) is 95.3 Å². The second-order valence-corrected chi connectivity index (χ2v) is 4.13. The number of aromatic carboxylic acids is 1.